The van der Waals surface area contributed by atoms with Crippen LogP contribution in [-0.4, -0.2) is 19.1 Å². The number of benzene rings is 2. The Labute approximate surface area is 145 Å². The fourth-order valence-electron chi connectivity index (χ4n) is 3.29. The molecule has 2 heterocycles. The number of imidazole rings is 2. The molecule has 0 aliphatic heterocycles. The van der Waals surface area contributed by atoms with Gasteiger partial charge in [0.2, 0.25) is 0 Å². The number of rotatable bonds is 5. The lowest BCUT2D eigenvalue weighted by Gasteiger charge is -2.11. The van der Waals surface area contributed by atoms with Crippen molar-refractivity contribution in [1.82, 2.24) is 19.1 Å². The molecule has 5 heteroatoms. The van der Waals surface area contributed by atoms with Gasteiger partial charge in [-0.1, -0.05) is 38.1 Å². The van der Waals surface area contributed by atoms with E-state index in [1.165, 1.54) is 0 Å². The molecule has 4 rings (SSSR count). The molecule has 0 saturated heterocycles. The molecule has 0 amide bonds. The van der Waals surface area contributed by atoms with Crippen LogP contribution in [-0.2, 0) is 13.1 Å². The number of aryl methyl sites for hydroxylation is 1. The minimum atomic E-state index is -0.0938. The number of aromatic amines is 1. The van der Waals surface area contributed by atoms with Gasteiger partial charge in [-0.15, -0.1) is 0 Å². The Morgan fingerprint density at radius 2 is 1.72 bits per heavy atom. The fourth-order valence-corrected chi connectivity index (χ4v) is 3.29. The van der Waals surface area contributed by atoms with Crippen LogP contribution >= 0.6 is 0 Å². The minimum Gasteiger partial charge on any atom is -0.326 e. The summed E-state index contributed by atoms with van der Waals surface area (Å²) in [6.07, 6.45) is 1.08. The first-order chi connectivity index (χ1) is 12.1. The van der Waals surface area contributed by atoms with Crippen molar-refractivity contribution < 1.29 is 0 Å². The van der Waals surface area contributed by atoms with Crippen LogP contribution in [0.1, 0.15) is 26.1 Å². The average molecular weight is 334 g/mol. The lowest BCUT2D eigenvalue weighted by Crippen LogP contribution is -2.20. The summed E-state index contributed by atoms with van der Waals surface area (Å²) in [5.74, 6) is 1.54. The molecule has 5 nitrogen and oxygen atoms in total. The number of nitrogens with one attached hydrogen (secondary N) is 1. The number of fused-ring (bicyclic) bond motifs is 2. The third-order valence-electron chi connectivity index (χ3n) is 4.64. The summed E-state index contributed by atoms with van der Waals surface area (Å²) in [7, 11) is 0. The van der Waals surface area contributed by atoms with E-state index in [0.29, 0.717) is 12.5 Å². The van der Waals surface area contributed by atoms with E-state index in [9.17, 15) is 4.79 Å². The second-order valence-corrected chi connectivity index (χ2v) is 6.88. The Bertz CT molecular complexity index is 1080. The van der Waals surface area contributed by atoms with Crippen molar-refractivity contribution in [3.8, 4) is 0 Å². The zero-order chi connectivity index (χ0) is 17.4. The molecule has 2 aromatic carbocycles. The number of hydrogen-bond acceptors (Lipinski definition) is 2. The van der Waals surface area contributed by atoms with Crippen LogP contribution in [0.3, 0.4) is 0 Å². The second kappa shape index (κ2) is 6.24. The summed E-state index contributed by atoms with van der Waals surface area (Å²) in [5, 5.41) is 0. The normalized spacial score (nSPS) is 11.8. The number of aromatic nitrogens is 4. The van der Waals surface area contributed by atoms with E-state index < -0.39 is 0 Å². The van der Waals surface area contributed by atoms with Gasteiger partial charge < -0.3 is 9.55 Å². The van der Waals surface area contributed by atoms with Crippen LogP contribution in [0.2, 0.25) is 0 Å². The number of H-pyrrole nitrogens is 1. The fraction of sp³-hybridized carbons (Fsp3) is 0.300. The van der Waals surface area contributed by atoms with E-state index in [2.05, 4.69) is 29.5 Å². The van der Waals surface area contributed by atoms with E-state index in [4.69, 9.17) is 4.98 Å². The predicted octanol–water partition coefficient (Wildman–Crippen LogP) is 3.77. The van der Waals surface area contributed by atoms with Gasteiger partial charge in [0, 0.05) is 6.54 Å². The van der Waals surface area contributed by atoms with Gasteiger partial charge in [0.05, 0.1) is 28.6 Å². The summed E-state index contributed by atoms with van der Waals surface area (Å²) < 4.78 is 4.02. The second-order valence-electron chi connectivity index (χ2n) is 6.88. The summed E-state index contributed by atoms with van der Waals surface area (Å²) in [6, 6.07) is 16.0. The summed E-state index contributed by atoms with van der Waals surface area (Å²) in [4.78, 5) is 20.1. The molecule has 128 valence electrons. The molecule has 0 fully saturated rings. The van der Waals surface area contributed by atoms with Crippen LogP contribution in [0.25, 0.3) is 22.1 Å². The molecule has 0 aliphatic rings. The predicted molar refractivity (Wildman–Crippen MR) is 101 cm³/mol. The Balaban J connectivity index is 1.81. The Kier molecular flexibility index (Phi) is 3.92. The van der Waals surface area contributed by atoms with Crippen molar-refractivity contribution in [2.24, 2.45) is 5.92 Å². The molecular weight excluding hydrogens is 312 g/mol. The van der Waals surface area contributed by atoms with Crippen LogP contribution in [0, 0.1) is 5.92 Å². The molecular formula is C20H22N4O. The highest BCUT2D eigenvalue weighted by atomic mass is 16.1. The van der Waals surface area contributed by atoms with Gasteiger partial charge in [-0.25, -0.2) is 9.78 Å². The molecule has 0 aliphatic carbocycles. The largest absolute Gasteiger partial charge is 0.326 e. The highest BCUT2D eigenvalue weighted by Gasteiger charge is 2.14. The monoisotopic (exact) mass is 334 g/mol. The van der Waals surface area contributed by atoms with Gasteiger partial charge in [-0.2, -0.15) is 0 Å². The Hall–Kier alpha value is -2.82. The maximum atomic E-state index is 12.4. The Morgan fingerprint density at radius 3 is 2.52 bits per heavy atom. The van der Waals surface area contributed by atoms with Crippen molar-refractivity contribution in [2.45, 2.75) is 33.4 Å². The van der Waals surface area contributed by atoms with Crippen molar-refractivity contribution in [2.75, 3.05) is 0 Å². The van der Waals surface area contributed by atoms with Gasteiger partial charge in [-0.05, 0) is 36.6 Å². The van der Waals surface area contributed by atoms with Gasteiger partial charge in [0.15, 0.2) is 0 Å². The molecule has 0 radical (unpaired) electrons. The zero-order valence-corrected chi connectivity index (χ0v) is 14.6. The van der Waals surface area contributed by atoms with Crippen molar-refractivity contribution in [1.29, 1.82) is 0 Å². The van der Waals surface area contributed by atoms with Crippen LogP contribution in [0.4, 0.5) is 0 Å². The van der Waals surface area contributed by atoms with E-state index in [-0.39, 0.29) is 5.69 Å². The van der Waals surface area contributed by atoms with Crippen molar-refractivity contribution >= 4 is 22.1 Å². The first-order valence-electron chi connectivity index (χ1n) is 8.75. The topological polar surface area (TPSA) is 55.6 Å². The van der Waals surface area contributed by atoms with E-state index in [1.54, 1.807) is 4.57 Å². The average Bonchev–Trinajstić information content (AvgIpc) is 3.11. The number of nitrogens with zero attached hydrogens (tertiary/aromatic N) is 3. The van der Waals surface area contributed by atoms with Gasteiger partial charge in [0.25, 0.3) is 0 Å². The molecule has 0 saturated carbocycles. The number of hydrogen-bond donors (Lipinski definition) is 1. The standard InChI is InChI=1S/C20H22N4O/c1-14(2)11-12-23-17-9-5-3-7-15(17)21-19(23)13-24-18-10-6-4-8-16(18)22-20(24)25/h3-10,14H,11-13H2,1-2H3,(H,22,25). The smallest absolute Gasteiger partial charge is 0.326 e. The summed E-state index contributed by atoms with van der Waals surface area (Å²) in [6.45, 7) is 5.83. The molecule has 0 spiro atoms. The van der Waals surface area contributed by atoms with E-state index >= 15 is 0 Å². The highest BCUT2D eigenvalue weighted by molar-refractivity contribution is 5.77. The maximum Gasteiger partial charge on any atom is 0.326 e. The van der Waals surface area contributed by atoms with Crippen LogP contribution < -0.4 is 5.69 Å². The summed E-state index contributed by atoms with van der Waals surface area (Å²) in [5.41, 5.74) is 3.79. The third kappa shape index (κ3) is 2.86. The van der Waals surface area contributed by atoms with Gasteiger partial charge in [0.1, 0.15) is 5.82 Å². The lowest BCUT2D eigenvalue weighted by molar-refractivity contribution is 0.507. The van der Waals surface area contributed by atoms with Crippen molar-refractivity contribution in [3.05, 3.63) is 64.8 Å². The molecule has 2 aromatic heterocycles. The molecule has 4 aromatic rings. The van der Waals surface area contributed by atoms with Gasteiger partial charge >= 0.3 is 5.69 Å². The lowest BCUT2D eigenvalue weighted by atomic mass is 10.1. The van der Waals surface area contributed by atoms with Crippen LogP contribution in [0.5, 0.6) is 0 Å². The van der Waals surface area contributed by atoms with Crippen molar-refractivity contribution in [3.63, 3.8) is 0 Å². The SMILES string of the molecule is CC(C)CCn1c(Cn2c(=O)[nH]c3ccccc32)nc2ccccc21. The van der Waals surface area contributed by atoms with Crippen LogP contribution in [0.15, 0.2) is 53.3 Å². The van der Waals surface area contributed by atoms with E-state index in [1.807, 2.05) is 42.5 Å². The maximum absolute atomic E-state index is 12.4. The zero-order valence-electron chi connectivity index (χ0n) is 14.6. The molecule has 1 N–H and O–H groups in total. The highest BCUT2D eigenvalue weighted by Crippen LogP contribution is 2.19. The first-order valence-corrected chi connectivity index (χ1v) is 8.75. The van der Waals surface area contributed by atoms with E-state index in [0.717, 1.165) is 40.9 Å². The number of para-hydroxylation sites is 4. The molecule has 0 unspecified atom stereocenters. The Morgan fingerprint density at radius 1 is 1.00 bits per heavy atom. The minimum absolute atomic E-state index is 0.0938. The first kappa shape index (κ1) is 15.7. The summed E-state index contributed by atoms with van der Waals surface area (Å²) >= 11 is 0. The third-order valence-corrected chi connectivity index (χ3v) is 4.64. The molecule has 0 atom stereocenters. The molecule has 25 heavy (non-hydrogen) atoms. The molecule has 0 bridgehead atoms. The quantitative estimate of drug-likeness (QED) is 0.604. The van der Waals surface area contributed by atoms with Gasteiger partial charge in [-0.3, -0.25) is 4.57 Å².